The van der Waals surface area contributed by atoms with Crippen molar-refractivity contribution >= 4 is 5.96 Å². The molecular formula is C26H30FN5O. The molecule has 7 heteroatoms. The van der Waals surface area contributed by atoms with Crippen LogP contribution in [0.5, 0.6) is 0 Å². The lowest BCUT2D eigenvalue weighted by molar-refractivity contribution is 0.0170. The van der Waals surface area contributed by atoms with Crippen LogP contribution < -0.4 is 10.6 Å². The second-order valence-electron chi connectivity index (χ2n) is 7.94. The molecule has 172 valence electrons. The Morgan fingerprint density at radius 1 is 1.06 bits per heavy atom. The van der Waals surface area contributed by atoms with Gasteiger partial charge in [-0.15, -0.1) is 0 Å². The molecule has 0 saturated carbocycles. The molecule has 0 amide bonds. The minimum atomic E-state index is -0.224. The van der Waals surface area contributed by atoms with E-state index in [1.165, 1.54) is 12.1 Å². The fraction of sp³-hybridized carbons (Fsp3) is 0.308. The van der Waals surface area contributed by atoms with Crippen molar-refractivity contribution in [3.8, 4) is 11.3 Å². The molecular weight excluding hydrogens is 417 g/mol. The van der Waals surface area contributed by atoms with Crippen molar-refractivity contribution in [1.82, 2.24) is 20.5 Å². The van der Waals surface area contributed by atoms with Gasteiger partial charge in [-0.05, 0) is 41.5 Å². The molecule has 2 aromatic carbocycles. The maximum Gasteiger partial charge on any atom is 0.191 e. The molecule has 1 aliphatic heterocycles. The molecule has 1 saturated heterocycles. The van der Waals surface area contributed by atoms with Crippen LogP contribution in [-0.4, -0.2) is 55.7 Å². The second kappa shape index (κ2) is 11.5. The first-order chi connectivity index (χ1) is 16.2. The molecule has 6 nitrogen and oxygen atoms in total. The Kier molecular flexibility index (Phi) is 8.00. The predicted octanol–water partition coefficient (Wildman–Crippen LogP) is 3.63. The standard InChI is InChI=1S/C26H30FN5O/c1-28-26(30-18-20-5-4-6-22(17-20)24-7-2-3-12-29-24)31-19-25(32-13-15-33-16-14-32)21-8-10-23(27)11-9-21/h2-12,17,25H,13-16,18-19H2,1H3,(H2,28,30,31). The molecule has 3 aromatic rings. The Morgan fingerprint density at radius 2 is 1.88 bits per heavy atom. The molecule has 2 heterocycles. The van der Waals surface area contributed by atoms with Gasteiger partial charge in [0.2, 0.25) is 0 Å². The van der Waals surface area contributed by atoms with Gasteiger partial charge in [-0.1, -0.05) is 36.4 Å². The summed E-state index contributed by atoms with van der Waals surface area (Å²) in [4.78, 5) is 11.2. The van der Waals surface area contributed by atoms with E-state index in [0.717, 1.165) is 41.4 Å². The van der Waals surface area contributed by atoms with E-state index in [1.54, 1.807) is 13.2 Å². The number of hydrogen-bond acceptors (Lipinski definition) is 4. The minimum absolute atomic E-state index is 0.0977. The van der Waals surface area contributed by atoms with Crippen molar-refractivity contribution in [2.24, 2.45) is 4.99 Å². The summed E-state index contributed by atoms with van der Waals surface area (Å²) < 4.78 is 19.0. The smallest absolute Gasteiger partial charge is 0.191 e. The van der Waals surface area contributed by atoms with Crippen LogP contribution >= 0.6 is 0 Å². The highest BCUT2D eigenvalue weighted by Gasteiger charge is 2.23. The fourth-order valence-corrected chi connectivity index (χ4v) is 4.01. The fourth-order valence-electron chi connectivity index (χ4n) is 4.01. The number of morpholine rings is 1. The van der Waals surface area contributed by atoms with E-state index < -0.39 is 0 Å². The van der Waals surface area contributed by atoms with Crippen molar-refractivity contribution in [2.45, 2.75) is 12.6 Å². The Hall–Kier alpha value is -3.29. The van der Waals surface area contributed by atoms with Gasteiger partial charge in [-0.25, -0.2) is 4.39 Å². The molecule has 2 N–H and O–H groups in total. The van der Waals surface area contributed by atoms with Crippen molar-refractivity contribution < 1.29 is 9.13 Å². The van der Waals surface area contributed by atoms with Gasteiger partial charge >= 0.3 is 0 Å². The van der Waals surface area contributed by atoms with E-state index >= 15 is 0 Å². The van der Waals surface area contributed by atoms with E-state index in [2.05, 4.69) is 43.7 Å². The SMILES string of the molecule is CN=C(NCc1cccc(-c2ccccn2)c1)NCC(c1ccc(F)cc1)N1CCOCC1. The van der Waals surface area contributed by atoms with Gasteiger partial charge in [0, 0.05) is 45.0 Å². The van der Waals surface area contributed by atoms with Crippen LogP contribution in [0.3, 0.4) is 0 Å². The highest BCUT2D eigenvalue weighted by Crippen LogP contribution is 2.22. The van der Waals surface area contributed by atoms with Crippen molar-refractivity contribution in [3.63, 3.8) is 0 Å². The Balaban J connectivity index is 1.39. The second-order valence-corrected chi connectivity index (χ2v) is 7.94. The molecule has 1 unspecified atom stereocenters. The van der Waals surface area contributed by atoms with Crippen LogP contribution in [-0.2, 0) is 11.3 Å². The molecule has 4 rings (SSSR count). The predicted molar refractivity (Wildman–Crippen MR) is 129 cm³/mol. The zero-order valence-corrected chi connectivity index (χ0v) is 18.9. The summed E-state index contributed by atoms with van der Waals surface area (Å²) in [7, 11) is 1.77. The third kappa shape index (κ3) is 6.37. The lowest BCUT2D eigenvalue weighted by Crippen LogP contribution is -2.46. The molecule has 33 heavy (non-hydrogen) atoms. The van der Waals surface area contributed by atoms with Gasteiger partial charge < -0.3 is 15.4 Å². The van der Waals surface area contributed by atoms with Gasteiger partial charge in [0.1, 0.15) is 5.82 Å². The number of nitrogens with one attached hydrogen (secondary N) is 2. The average Bonchev–Trinajstić information content (AvgIpc) is 2.88. The summed E-state index contributed by atoms with van der Waals surface area (Å²) in [6, 6.07) is 21.1. The van der Waals surface area contributed by atoms with Crippen LogP contribution in [0.2, 0.25) is 0 Å². The quantitative estimate of drug-likeness (QED) is 0.428. The molecule has 0 radical (unpaired) electrons. The first kappa shape index (κ1) is 22.9. The number of halogens is 1. The van der Waals surface area contributed by atoms with E-state index in [0.29, 0.717) is 26.3 Å². The molecule has 1 aromatic heterocycles. The number of pyridine rings is 1. The summed E-state index contributed by atoms with van der Waals surface area (Å²) in [5.74, 6) is 0.497. The highest BCUT2D eigenvalue weighted by molar-refractivity contribution is 5.79. The number of hydrogen-bond donors (Lipinski definition) is 2. The van der Waals surface area contributed by atoms with E-state index in [-0.39, 0.29) is 11.9 Å². The first-order valence-corrected chi connectivity index (χ1v) is 11.2. The lowest BCUT2D eigenvalue weighted by atomic mass is 10.0. The van der Waals surface area contributed by atoms with Crippen LogP contribution in [0.15, 0.2) is 77.9 Å². The monoisotopic (exact) mass is 447 g/mol. The summed E-state index contributed by atoms with van der Waals surface area (Å²) in [5.41, 5.74) is 4.25. The van der Waals surface area contributed by atoms with E-state index in [4.69, 9.17) is 4.74 Å². The highest BCUT2D eigenvalue weighted by atomic mass is 19.1. The van der Waals surface area contributed by atoms with Crippen LogP contribution in [0, 0.1) is 5.82 Å². The van der Waals surface area contributed by atoms with Gasteiger partial charge in [0.25, 0.3) is 0 Å². The van der Waals surface area contributed by atoms with Crippen molar-refractivity contribution in [2.75, 3.05) is 39.9 Å². The molecule has 0 spiro atoms. The van der Waals surface area contributed by atoms with Crippen LogP contribution in [0.4, 0.5) is 4.39 Å². The summed E-state index contributed by atoms with van der Waals surface area (Å²) in [6.07, 6.45) is 1.80. The molecule has 1 fully saturated rings. The topological polar surface area (TPSA) is 61.8 Å². The average molecular weight is 448 g/mol. The zero-order valence-electron chi connectivity index (χ0n) is 18.9. The third-order valence-electron chi connectivity index (χ3n) is 5.78. The molecule has 0 bridgehead atoms. The molecule has 1 atom stereocenters. The zero-order chi connectivity index (χ0) is 22.9. The minimum Gasteiger partial charge on any atom is -0.379 e. The Labute approximate surface area is 194 Å². The first-order valence-electron chi connectivity index (χ1n) is 11.2. The molecule has 0 aliphatic carbocycles. The number of benzene rings is 2. The normalized spacial score (nSPS) is 15.8. The number of nitrogens with zero attached hydrogens (tertiary/aromatic N) is 3. The summed E-state index contributed by atoms with van der Waals surface area (Å²) in [6.45, 7) is 4.39. The third-order valence-corrected chi connectivity index (χ3v) is 5.78. The summed E-state index contributed by atoms with van der Waals surface area (Å²) in [5, 5.41) is 6.85. The van der Waals surface area contributed by atoms with Gasteiger partial charge in [-0.3, -0.25) is 14.9 Å². The van der Waals surface area contributed by atoms with Crippen molar-refractivity contribution in [3.05, 3.63) is 89.9 Å². The summed E-state index contributed by atoms with van der Waals surface area (Å²) >= 11 is 0. The van der Waals surface area contributed by atoms with E-state index in [9.17, 15) is 4.39 Å². The number of rotatable bonds is 7. The van der Waals surface area contributed by atoms with Crippen LogP contribution in [0.25, 0.3) is 11.3 Å². The van der Waals surface area contributed by atoms with Crippen molar-refractivity contribution in [1.29, 1.82) is 0 Å². The maximum atomic E-state index is 13.5. The Bertz CT molecular complexity index is 1040. The van der Waals surface area contributed by atoms with Gasteiger partial charge in [-0.2, -0.15) is 0 Å². The van der Waals surface area contributed by atoms with Gasteiger partial charge in [0.15, 0.2) is 5.96 Å². The molecule has 1 aliphatic rings. The van der Waals surface area contributed by atoms with E-state index in [1.807, 2.05) is 36.4 Å². The number of guanidine groups is 1. The van der Waals surface area contributed by atoms with Gasteiger partial charge in [0.05, 0.1) is 24.9 Å². The largest absolute Gasteiger partial charge is 0.379 e. The number of ether oxygens (including phenoxy) is 1. The Morgan fingerprint density at radius 3 is 2.61 bits per heavy atom. The lowest BCUT2D eigenvalue weighted by Gasteiger charge is -2.35. The number of aliphatic imine (C=N–C) groups is 1. The number of aromatic nitrogens is 1. The maximum absolute atomic E-state index is 13.5. The van der Waals surface area contributed by atoms with Crippen LogP contribution in [0.1, 0.15) is 17.2 Å².